The number of carbonyl (C=O) groups is 1. The van der Waals surface area contributed by atoms with Crippen LogP contribution in [0, 0.1) is 0 Å². The number of pyridine rings is 1. The van der Waals surface area contributed by atoms with Crippen molar-refractivity contribution >= 4 is 38.4 Å². The van der Waals surface area contributed by atoms with Gasteiger partial charge < -0.3 is 10.6 Å². The second-order valence-electron chi connectivity index (χ2n) is 7.70. The molecule has 0 saturated heterocycles. The number of nitrogens with one attached hydrogen (secondary N) is 2. The van der Waals surface area contributed by atoms with E-state index in [0.29, 0.717) is 12.0 Å². The van der Waals surface area contributed by atoms with Gasteiger partial charge in [0, 0.05) is 17.8 Å². The first-order valence-electron chi connectivity index (χ1n) is 8.95. The van der Waals surface area contributed by atoms with E-state index in [0.717, 1.165) is 34.9 Å². The maximum Gasteiger partial charge on any atom is 0.235 e. The van der Waals surface area contributed by atoms with E-state index in [1.54, 1.807) is 11.3 Å². The van der Waals surface area contributed by atoms with Gasteiger partial charge in [0.2, 0.25) is 5.91 Å². The van der Waals surface area contributed by atoms with Gasteiger partial charge in [-0.2, -0.15) is 0 Å². The van der Waals surface area contributed by atoms with Crippen LogP contribution >= 0.6 is 11.3 Å². The minimum Gasteiger partial charge on any atom is -0.359 e. The van der Waals surface area contributed by atoms with Gasteiger partial charge in [0.15, 0.2) is 5.13 Å². The van der Waals surface area contributed by atoms with Gasteiger partial charge in [0.05, 0.1) is 15.6 Å². The molecule has 5 nitrogen and oxygen atoms in total. The fourth-order valence-electron chi connectivity index (χ4n) is 4.04. The molecule has 1 aliphatic heterocycles. The van der Waals surface area contributed by atoms with Crippen molar-refractivity contribution in [2.75, 3.05) is 10.6 Å². The number of rotatable bonds is 3. The number of nitrogens with zero attached hydrogens (tertiary/aromatic N) is 2. The second kappa shape index (κ2) is 5.51. The van der Waals surface area contributed by atoms with Crippen LogP contribution in [-0.2, 0) is 10.2 Å². The van der Waals surface area contributed by atoms with Crippen LogP contribution in [0.2, 0.25) is 0 Å². The van der Waals surface area contributed by atoms with Gasteiger partial charge in [0.1, 0.15) is 5.82 Å². The Bertz CT molecular complexity index is 987. The Balaban J connectivity index is 1.34. The predicted molar refractivity (Wildman–Crippen MR) is 105 cm³/mol. The maximum absolute atomic E-state index is 12.3. The summed E-state index contributed by atoms with van der Waals surface area (Å²) in [5, 5.41) is 7.49. The molecular formula is C20H20N4OS. The number of amides is 1. The van der Waals surface area contributed by atoms with Gasteiger partial charge >= 0.3 is 0 Å². The van der Waals surface area contributed by atoms with Crippen LogP contribution in [0.15, 0.2) is 36.5 Å². The van der Waals surface area contributed by atoms with Crippen molar-refractivity contribution in [1.29, 1.82) is 0 Å². The fourth-order valence-corrected chi connectivity index (χ4v) is 4.99. The zero-order valence-corrected chi connectivity index (χ0v) is 15.6. The number of para-hydroxylation sites is 1. The second-order valence-corrected chi connectivity index (χ2v) is 8.73. The van der Waals surface area contributed by atoms with Gasteiger partial charge in [-0.15, -0.1) is 0 Å². The Labute approximate surface area is 155 Å². The Kier molecular flexibility index (Phi) is 3.34. The van der Waals surface area contributed by atoms with Crippen LogP contribution in [0.25, 0.3) is 10.2 Å². The number of aromatic nitrogens is 2. The molecule has 0 bridgehead atoms. The van der Waals surface area contributed by atoms with E-state index in [-0.39, 0.29) is 5.91 Å². The highest BCUT2D eigenvalue weighted by Crippen LogP contribution is 2.47. The molecule has 2 N–H and O–H groups in total. The van der Waals surface area contributed by atoms with Crippen LogP contribution in [0.3, 0.4) is 0 Å². The molecule has 1 aromatic carbocycles. The van der Waals surface area contributed by atoms with Crippen molar-refractivity contribution in [2.24, 2.45) is 0 Å². The van der Waals surface area contributed by atoms with Crippen molar-refractivity contribution in [3.8, 4) is 0 Å². The van der Waals surface area contributed by atoms with E-state index in [1.807, 2.05) is 38.2 Å². The highest BCUT2D eigenvalue weighted by molar-refractivity contribution is 7.22. The number of hydrogen-bond acceptors (Lipinski definition) is 5. The summed E-state index contributed by atoms with van der Waals surface area (Å²) >= 11 is 1.71. The molecule has 132 valence electrons. The number of carbonyl (C=O) groups excluding carboxylic acids is 1. The molecule has 0 radical (unpaired) electrons. The van der Waals surface area contributed by atoms with Crippen molar-refractivity contribution in [1.82, 2.24) is 9.97 Å². The molecule has 5 rings (SSSR count). The zero-order chi connectivity index (χ0) is 17.9. The lowest BCUT2D eigenvalue weighted by Gasteiger charge is -2.38. The molecule has 1 amide bonds. The summed E-state index contributed by atoms with van der Waals surface area (Å²) in [4.78, 5) is 21.3. The summed E-state index contributed by atoms with van der Waals surface area (Å²) in [7, 11) is 0. The first kappa shape index (κ1) is 15.8. The Morgan fingerprint density at radius 2 is 2.04 bits per heavy atom. The summed E-state index contributed by atoms with van der Waals surface area (Å²) in [6, 6.07) is 10.7. The monoisotopic (exact) mass is 364 g/mol. The highest BCUT2D eigenvalue weighted by atomic mass is 32.1. The molecule has 0 atom stereocenters. The normalized spacial score (nSPS) is 23.4. The van der Waals surface area contributed by atoms with Gasteiger partial charge in [-0.3, -0.25) is 4.79 Å². The van der Waals surface area contributed by atoms with Crippen LogP contribution < -0.4 is 10.6 Å². The highest BCUT2D eigenvalue weighted by Gasteiger charge is 2.44. The molecular weight excluding hydrogens is 344 g/mol. The molecule has 2 aromatic heterocycles. The minimum atomic E-state index is -0.509. The number of fused-ring (bicyclic) bond motifs is 2. The van der Waals surface area contributed by atoms with Crippen molar-refractivity contribution in [3.05, 3.63) is 47.7 Å². The Morgan fingerprint density at radius 1 is 1.23 bits per heavy atom. The lowest BCUT2D eigenvalue weighted by molar-refractivity contribution is -0.119. The van der Waals surface area contributed by atoms with Crippen molar-refractivity contribution in [2.45, 2.75) is 44.1 Å². The summed E-state index contributed by atoms with van der Waals surface area (Å²) < 4.78 is 1.21. The van der Waals surface area contributed by atoms with E-state index >= 15 is 0 Å². The summed E-state index contributed by atoms with van der Waals surface area (Å²) in [5.41, 5.74) is 2.88. The summed E-state index contributed by atoms with van der Waals surface area (Å²) in [5.74, 6) is 1.24. The minimum absolute atomic E-state index is 0.0379. The van der Waals surface area contributed by atoms with Gasteiger partial charge in [-0.05, 0) is 56.4 Å². The average molecular weight is 364 g/mol. The molecule has 1 aliphatic carbocycles. The summed E-state index contributed by atoms with van der Waals surface area (Å²) in [6.07, 6.45) is 3.91. The summed E-state index contributed by atoms with van der Waals surface area (Å²) in [6.45, 7) is 3.96. The van der Waals surface area contributed by atoms with E-state index in [9.17, 15) is 4.79 Å². The number of thiazole rings is 1. The molecule has 0 spiro atoms. The largest absolute Gasteiger partial charge is 0.359 e. The fraction of sp³-hybridized carbons (Fsp3) is 0.350. The smallest absolute Gasteiger partial charge is 0.235 e. The number of hydrogen-bond donors (Lipinski definition) is 2. The predicted octanol–water partition coefficient (Wildman–Crippen LogP) is 4.28. The third-order valence-electron chi connectivity index (χ3n) is 5.61. The third kappa shape index (κ3) is 2.32. The molecule has 1 saturated carbocycles. The maximum atomic E-state index is 12.3. The number of anilines is 2. The van der Waals surface area contributed by atoms with Crippen LogP contribution in [0.1, 0.15) is 43.7 Å². The first-order chi connectivity index (χ1) is 12.5. The van der Waals surface area contributed by atoms with Crippen LogP contribution in [0.4, 0.5) is 10.9 Å². The lowest BCUT2D eigenvalue weighted by Crippen LogP contribution is -2.35. The quantitative estimate of drug-likeness (QED) is 0.728. The van der Waals surface area contributed by atoms with Crippen molar-refractivity contribution in [3.63, 3.8) is 0 Å². The van der Waals surface area contributed by atoms with Gasteiger partial charge in [0.25, 0.3) is 0 Å². The number of benzene rings is 1. The topological polar surface area (TPSA) is 66.9 Å². The molecule has 1 fully saturated rings. The molecule has 6 heteroatoms. The molecule has 2 aliphatic rings. The van der Waals surface area contributed by atoms with E-state index in [4.69, 9.17) is 0 Å². The molecule has 0 unspecified atom stereocenters. The van der Waals surface area contributed by atoms with Crippen LogP contribution in [-0.4, -0.2) is 21.9 Å². The SMILES string of the molecule is CC1(C)C(=O)Nc2nccc(C3CC(Nc4nc5ccccc5s4)C3)c21. The standard InChI is InChI=1S/C20H20N4OS/c1-20(2)16-13(7-8-21-17(16)24-18(20)25)11-9-12(10-11)22-19-23-14-5-3-4-6-15(14)26-19/h3-8,11-12H,9-10H2,1-2H3,(H,22,23)(H,21,24,25). The Hall–Kier alpha value is -2.47. The Morgan fingerprint density at radius 3 is 2.85 bits per heavy atom. The third-order valence-corrected chi connectivity index (χ3v) is 6.57. The van der Waals surface area contributed by atoms with E-state index in [2.05, 4.69) is 32.7 Å². The van der Waals surface area contributed by atoms with Gasteiger partial charge in [-0.1, -0.05) is 23.5 Å². The lowest BCUT2D eigenvalue weighted by atomic mass is 9.71. The molecule has 26 heavy (non-hydrogen) atoms. The zero-order valence-electron chi connectivity index (χ0n) is 14.7. The van der Waals surface area contributed by atoms with E-state index in [1.165, 1.54) is 10.3 Å². The molecule has 3 heterocycles. The van der Waals surface area contributed by atoms with Crippen LogP contribution in [0.5, 0.6) is 0 Å². The van der Waals surface area contributed by atoms with Crippen molar-refractivity contribution < 1.29 is 4.79 Å². The van der Waals surface area contributed by atoms with Gasteiger partial charge in [-0.25, -0.2) is 9.97 Å². The van der Waals surface area contributed by atoms with E-state index < -0.39 is 5.41 Å². The first-order valence-corrected chi connectivity index (χ1v) is 9.77. The molecule has 3 aromatic rings. The average Bonchev–Trinajstić information content (AvgIpc) is 3.09.